The molecule has 3 rings (SSSR count). The number of carbonyl (C=O) groups excluding carboxylic acids is 1. The van der Waals surface area contributed by atoms with Crippen LogP contribution in [0, 0.1) is 12.7 Å². The van der Waals surface area contributed by atoms with Crippen molar-refractivity contribution in [3.63, 3.8) is 0 Å². The number of carbonyl (C=O) groups is 1. The minimum atomic E-state index is -0.341. The van der Waals surface area contributed by atoms with E-state index in [1.807, 2.05) is 30.3 Å². The third-order valence-corrected chi connectivity index (χ3v) is 5.19. The van der Waals surface area contributed by atoms with E-state index in [1.54, 1.807) is 19.1 Å². The first-order valence-electron chi connectivity index (χ1n) is 7.44. The number of thioether (sulfide) groups is 1. The lowest BCUT2D eigenvalue weighted by Gasteiger charge is -2.05. The molecule has 8 heteroatoms. The third kappa shape index (κ3) is 5.01. The van der Waals surface area contributed by atoms with Gasteiger partial charge in [-0.2, -0.15) is 0 Å². The zero-order valence-corrected chi connectivity index (χ0v) is 15.0. The monoisotopic (exact) mass is 374 g/mol. The van der Waals surface area contributed by atoms with Crippen LogP contribution in [0.2, 0.25) is 0 Å². The van der Waals surface area contributed by atoms with Gasteiger partial charge in [0.1, 0.15) is 5.82 Å². The average Bonchev–Trinajstić information content (AvgIpc) is 3.05. The Kier molecular flexibility index (Phi) is 5.62. The van der Waals surface area contributed by atoms with Crippen LogP contribution in [-0.2, 0) is 4.79 Å². The number of hydrogen-bond acceptors (Lipinski definition) is 6. The van der Waals surface area contributed by atoms with E-state index < -0.39 is 0 Å². The van der Waals surface area contributed by atoms with E-state index in [0.717, 1.165) is 5.69 Å². The van der Waals surface area contributed by atoms with Crippen molar-refractivity contribution in [3.8, 4) is 0 Å². The summed E-state index contributed by atoms with van der Waals surface area (Å²) in [4.78, 5) is 12.0. The summed E-state index contributed by atoms with van der Waals surface area (Å²) in [6.07, 6.45) is 0. The van der Waals surface area contributed by atoms with Crippen molar-refractivity contribution < 1.29 is 9.18 Å². The molecule has 0 fully saturated rings. The SMILES string of the molecule is Cc1ccc(NC(=O)CSc2nnc(Nc3ccccc3)s2)cc1F. The maximum absolute atomic E-state index is 13.5. The van der Waals surface area contributed by atoms with Gasteiger partial charge in [-0.3, -0.25) is 4.79 Å². The Morgan fingerprint density at radius 2 is 1.96 bits per heavy atom. The fraction of sp³-hybridized carbons (Fsp3) is 0.118. The number of amides is 1. The van der Waals surface area contributed by atoms with Gasteiger partial charge in [0.15, 0.2) is 4.34 Å². The molecule has 2 aromatic carbocycles. The van der Waals surface area contributed by atoms with Gasteiger partial charge in [-0.05, 0) is 36.8 Å². The molecule has 128 valence electrons. The minimum Gasteiger partial charge on any atom is -0.330 e. The van der Waals surface area contributed by atoms with Crippen molar-refractivity contribution in [2.75, 3.05) is 16.4 Å². The molecule has 0 aliphatic rings. The molecule has 1 amide bonds. The lowest BCUT2D eigenvalue weighted by atomic mass is 10.2. The van der Waals surface area contributed by atoms with Crippen LogP contribution < -0.4 is 10.6 Å². The summed E-state index contributed by atoms with van der Waals surface area (Å²) in [6, 6.07) is 14.3. The molecule has 1 heterocycles. The van der Waals surface area contributed by atoms with E-state index in [2.05, 4.69) is 20.8 Å². The molecule has 0 spiro atoms. The van der Waals surface area contributed by atoms with Crippen molar-refractivity contribution >= 4 is 45.5 Å². The summed E-state index contributed by atoms with van der Waals surface area (Å²) in [6.45, 7) is 1.67. The molecule has 0 radical (unpaired) electrons. The molecule has 2 N–H and O–H groups in total. The second-order valence-corrected chi connectivity index (χ2v) is 7.36. The maximum atomic E-state index is 13.5. The Bertz CT molecular complexity index is 870. The Morgan fingerprint density at radius 3 is 2.72 bits per heavy atom. The second kappa shape index (κ2) is 8.09. The Balaban J connectivity index is 1.51. The van der Waals surface area contributed by atoms with Gasteiger partial charge in [0.2, 0.25) is 11.0 Å². The predicted octanol–water partition coefficient (Wildman–Crippen LogP) is 4.46. The molecular weight excluding hydrogens is 359 g/mol. The Labute approximate surface area is 152 Å². The van der Waals surface area contributed by atoms with Crippen LogP contribution in [0.3, 0.4) is 0 Å². The first-order chi connectivity index (χ1) is 12.1. The van der Waals surface area contributed by atoms with Crippen LogP contribution in [0.4, 0.5) is 20.9 Å². The quantitative estimate of drug-likeness (QED) is 0.624. The highest BCUT2D eigenvalue weighted by atomic mass is 32.2. The number of benzene rings is 2. The van der Waals surface area contributed by atoms with E-state index in [0.29, 0.717) is 20.7 Å². The Morgan fingerprint density at radius 1 is 1.16 bits per heavy atom. The molecular formula is C17H15FN4OS2. The molecule has 0 aliphatic carbocycles. The van der Waals surface area contributed by atoms with Crippen molar-refractivity contribution in [1.82, 2.24) is 10.2 Å². The molecule has 3 aromatic rings. The average molecular weight is 374 g/mol. The minimum absolute atomic E-state index is 0.176. The lowest BCUT2D eigenvalue weighted by Crippen LogP contribution is -2.14. The van der Waals surface area contributed by atoms with Gasteiger partial charge in [0, 0.05) is 11.4 Å². The zero-order valence-electron chi connectivity index (χ0n) is 13.3. The van der Waals surface area contributed by atoms with Crippen LogP contribution in [0.1, 0.15) is 5.56 Å². The molecule has 0 aliphatic heterocycles. The maximum Gasteiger partial charge on any atom is 0.234 e. The van der Waals surface area contributed by atoms with Gasteiger partial charge in [-0.25, -0.2) is 4.39 Å². The number of nitrogens with one attached hydrogen (secondary N) is 2. The number of hydrogen-bond donors (Lipinski definition) is 2. The normalized spacial score (nSPS) is 10.5. The number of nitrogens with zero attached hydrogens (tertiary/aromatic N) is 2. The van der Waals surface area contributed by atoms with Crippen LogP contribution in [-0.4, -0.2) is 21.9 Å². The van der Waals surface area contributed by atoms with Gasteiger partial charge in [-0.15, -0.1) is 10.2 Å². The molecule has 0 unspecified atom stereocenters. The van der Waals surface area contributed by atoms with E-state index in [4.69, 9.17) is 0 Å². The number of aryl methyl sites for hydroxylation is 1. The van der Waals surface area contributed by atoms with E-state index in [9.17, 15) is 9.18 Å². The number of anilines is 3. The summed E-state index contributed by atoms with van der Waals surface area (Å²) < 4.78 is 14.2. The highest BCUT2D eigenvalue weighted by Gasteiger charge is 2.09. The van der Waals surface area contributed by atoms with Crippen LogP contribution in [0.25, 0.3) is 0 Å². The largest absolute Gasteiger partial charge is 0.330 e. The van der Waals surface area contributed by atoms with Crippen molar-refractivity contribution in [2.45, 2.75) is 11.3 Å². The van der Waals surface area contributed by atoms with Crippen LogP contribution in [0.15, 0.2) is 52.9 Å². The molecule has 0 saturated carbocycles. The highest BCUT2D eigenvalue weighted by molar-refractivity contribution is 8.01. The number of halogens is 1. The molecule has 0 saturated heterocycles. The fourth-order valence-electron chi connectivity index (χ4n) is 1.96. The smallest absolute Gasteiger partial charge is 0.234 e. The number of rotatable bonds is 6. The van der Waals surface area contributed by atoms with E-state index >= 15 is 0 Å². The highest BCUT2D eigenvalue weighted by Crippen LogP contribution is 2.27. The predicted molar refractivity (Wildman–Crippen MR) is 100 cm³/mol. The molecule has 25 heavy (non-hydrogen) atoms. The molecule has 1 aromatic heterocycles. The summed E-state index contributed by atoms with van der Waals surface area (Å²) in [5.74, 6) is -0.387. The molecule has 0 atom stereocenters. The Hall–Kier alpha value is -2.45. The zero-order chi connectivity index (χ0) is 17.6. The number of para-hydroxylation sites is 1. The summed E-state index contributed by atoms with van der Waals surface area (Å²) >= 11 is 2.66. The third-order valence-electron chi connectivity index (χ3n) is 3.21. The van der Waals surface area contributed by atoms with Gasteiger partial charge in [0.05, 0.1) is 5.75 Å². The fourth-order valence-corrected chi connectivity index (χ4v) is 3.53. The molecule has 0 bridgehead atoms. The van der Waals surface area contributed by atoms with Gasteiger partial charge < -0.3 is 10.6 Å². The van der Waals surface area contributed by atoms with Gasteiger partial charge in [0.25, 0.3) is 0 Å². The topological polar surface area (TPSA) is 66.9 Å². The summed E-state index contributed by atoms with van der Waals surface area (Å²) in [5, 5.41) is 14.6. The van der Waals surface area contributed by atoms with E-state index in [1.165, 1.54) is 29.2 Å². The molecule has 5 nitrogen and oxygen atoms in total. The van der Waals surface area contributed by atoms with Crippen molar-refractivity contribution in [3.05, 3.63) is 59.9 Å². The van der Waals surface area contributed by atoms with Crippen molar-refractivity contribution in [2.24, 2.45) is 0 Å². The van der Waals surface area contributed by atoms with Crippen LogP contribution in [0.5, 0.6) is 0 Å². The van der Waals surface area contributed by atoms with Gasteiger partial charge >= 0.3 is 0 Å². The van der Waals surface area contributed by atoms with E-state index in [-0.39, 0.29) is 17.5 Å². The number of aromatic nitrogens is 2. The summed E-state index contributed by atoms with van der Waals surface area (Å²) in [5.41, 5.74) is 1.91. The first kappa shape index (κ1) is 17.4. The summed E-state index contributed by atoms with van der Waals surface area (Å²) in [7, 11) is 0. The van der Waals surface area contributed by atoms with Gasteiger partial charge in [-0.1, -0.05) is 47.4 Å². The van der Waals surface area contributed by atoms with Crippen LogP contribution >= 0.6 is 23.1 Å². The standard InChI is InChI=1S/C17H15FN4OS2/c1-11-7-8-13(9-14(11)18)19-15(23)10-24-17-22-21-16(25-17)20-12-5-3-2-4-6-12/h2-9H,10H2,1H3,(H,19,23)(H,20,21). The lowest BCUT2D eigenvalue weighted by molar-refractivity contribution is -0.113. The second-order valence-electron chi connectivity index (χ2n) is 5.16. The van der Waals surface area contributed by atoms with Crippen molar-refractivity contribution in [1.29, 1.82) is 0 Å². The first-order valence-corrected chi connectivity index (χ1v) is 9.25.